The number of morpholine rings is 1. The first kappa shape index (κ1) is 20.8. The first-order valence-corrected chi connectivity index (χ1v) is 7.94. The lowest BCUT2D eigenvalue weighted by Gasteiger charge is -2.39. The van der Waals surface area contributed by atoms with Crippen LogP contribution in [0, 0.1) is 0 Å². The minimum Gasteiger partial charge on any atom is -0.406 e. The normalized spacial score (nSPS) is 21.3. The maximum Gasteiger partial charge on any atom is 0.573 e. The van der Waals surface area contributed by atoms with Gasteiger partial charge in [-0.2, -0.15) is 13.2 Å². The molecule has 10 heteroatoms. The summed E-state index contributed by atoms with van der Waals surface area (Å²) >= 11 is 0. The third-order valence-corrected chi connectivity index (χ3v) is 4.06. The monoisotopic (exact) mass is 387 g/mol. The number of hydrogen-bond donors (Lipinski definition) is 2. The first-order valence-electron chi connectivity index (χ1n) is 7.94. The van der Waals surface area contributed by atoms with Crippen LogP contribution in [0.5, 0.6) is 5.75 Å². The Morgan fingerprint density at radius 3 is 2.38 bits per heavy atom. The zero-order chi connectivity index (χ0) is 19.4. The fourth-order valence-corrected chi connectivity index (χ4v) is 2.84. The highest BCUT2D eigenvalue weighted by Crippen LogP contribution is 2.35. The van der Waals surface area contributed by atoms with Crippen molar-refractivity contribution in [3.05, 3.63) is 29.8 Å². The van der Waals surface area contributed by atoms with Crippen LogP contribution < -0.4 is 10.1 Å². The van der Waals surface area contributed by atoms with Gasteiger partial charge in [0.1, 0.15) is 5.75 Å². The van der Waals surface area contributed by atoms with E-state index in [1.54, 1.807) is 0 Å². The molecular weight excluding hydrogens is 368 g/mol. The van der Waals surface area contributed by atoms with Gasteiger partial charge in [0, 0.05) is 25.9 Å². The van der Waals surface area contributed by atoms with Crippen LogP contribution in [-0.4, -0.2) is 49.0 Å². The number of para-hydroxylation sites is 1. The van der Waals surface area contributed by atoms with Crippen LogP contribution in [-0.2, 0) is 11.2 Å². The summed E-state index contributed by atoms with van der Waals surface area (Å²) in [4.78, 5) is 0. The fourth-order valence-electron chi connectivity index (χ4n) is 2.84. The number of alkyl halides is 6. The molecule has 0 aliphatic carbocycles. The second-order valence-corrected chi connectivity index (χ2v) is 6.11. The van der Waals surface area contributed by atoms with E-state index >= 15 is 0 Å². The van der Waals surface area contributed by atoms with Crippen LogP contribution in [0.15, 0.2) is 24.3 Å². The first-order chi connectivity index (χ1) is 12.0. The summed E-state index contributed by atoms with van der Waals surface area (Å²) in [5.41, 5.74) is -2.06. The number of aliphatic hydroxyl groups is 1. The maximum absolute atomic E-state index is 12.7. The standard InChI is InChI=1S/C16H19F6NO3/c17-15(18,19)6-5-14(24,13-10-23-7-8-25-13)9-11-3-1-2-4-12(11)26-16(20,21)22/h1-4,13,23-24H,5-10H2. The largest absolute Gasteiger partial charge is 0.573 e. The van der Waals surface area contributed by atoms with E-state index in [0.29, 0.717) is 6.54 Å². The topological polar surface area (TPSA) is 50.7 Å². The Morgan fingerprint density at radius 2 is 1.81 bits per heavy atom. The molecule has 2 atom stereocenters. The van der Waals surface area contributed by atoms with E-state index in [1.807, 2.05) is 0 Å². The quantitative estimate of drug-likeness (QED) is 0.737. The number of halogens is 6. The van der Waals surface area contributed by atoms with Gasteiger partial charge in [0.2, 0.25) is 0 Å². The summed E-state index contributed by atoms with van der Waals surface area (Å²) in [5.74, 6) is -0.561. The molecule has 2 N–H and O–H groups in total. The van der Waals surface area contributed by atoms with Crippen LogP contribution in [0.1, 0.15) is 18.4 Å². The van der Waals surface area contributed by atoms with Crippen LogP contribution in [0.3, 0.4) is 0 Å². The molecule has 2 rings (SSSR count). The van der Waals surface area contributed by atoms with E-state index in [4.69, 9.17) is 4.74 Å². The maximum atomic E-state index is 12.7. The van der Waals surface area contributed by atoms with Crippen molar-refractivity contribution in [1.29, 1.82) is 0 Å². The second-order valence-electron chi connectivity index (χ2n) is 6.11. The summed E-state index contributed by atoms with van der Waals surface area (Å²) in [6, 6.07) is 5.05. The molecule has 2 unspecified atom stereocenters. The molecule has 0 saturated carbocycles. The van der Waals surface area contributed by atoms with Crippen molar-refractivity contribution in [2.45, 2.75) is 43.5 Å². The van der Waals surface area contributed by atoms with Crippen molar-refractivity contribution < 1.29 is 40.9 Å². The highest BCUT2D eigenvalue weighted by Gasteiger charge is 2.43. The molecule has 4 nitrogen and oxygen atoms in total. The van der Waals surface area contributed by atoms with Gasteiger partial charge in [-0.05, 0) is 18.1 Å². The average molecular weight is 387 g/mol. The molecule has 0 aromatic heterocycles. The minimum atomic E-state index is -4.96. The molecule has 0 radical (unpaired) electrons. The zero-order valence-electron chi connectivity index (χ0n) is 13.7. The SMILES string of the molecule is OC(CCC(F)(F)F)(Cc1ccccc1OC(F)(F)F)C1CNCCO1. The molecule has 1 heterocycles. The lowest BCUT2D eigenvalue weighted by atomic mass is 9.84. The Morgan fingerprint density at radius 1 is 1.12 bits per heavy atom. The van der Waals surface area contributed by atoms with Gasteiger partial charge in [-0.15, -0.1) is 13.2 Å². The van der Waals surface area contributed by atoms with E-state index in [-0.39, 0.29) is 18.7 Å². The van der Waals surface area contributed by atoms with Gasteiger partial charge in [-0.1, -0.05) is 18.2 Å². The van der Waals surface area contributed by atoms with Crippen LogP contribution in [0.2, 0.25) is 0 Å². The Balaban J connectivity index is 2.26. The Kier molecular flexibility index (Phi) is 6.41. The number of nitrogens with one attached hydrogen (secondary N) is 1. The molecule has 1 aliphatic heterocycles. The molecule has 0 bridgehead atoms. The number of hydrogen-bond acceptors (Lipinski definition) is 4. The Hall–Kier alpha value is -1.52. The molecule has 1 saturated heterocycles. The third kappa shape index (κ3) is 6.33. The lowest BCUT2D eigenvalue weighted by Crippen LogP contribution is -2.54. The molecular formula is C16H19F6NO3. The summed E-state index contributed by atoms with van der Waals surface area (Å²) in [6.07, 6.45) is -12.9. The van der Waals surface area contributed by atoms with E-state index < -0.39 is 49.3 Å². The van der Waals surface area contributed by atoms with Gasteiger partial charge in [0.05, 0.1) is 18.3 Å². The fraction of sp³-hybridized carbons (Fsp3) is 0.625. The van der Waals surface area contributed by atoms with Crippen molar-refractivity contribution in [2.24, 2.45) is 0 Å². The number of benzene rings is 1. The van der Waals surface area contributed by atoms with Gasteiger partial charge in [-0.3, -0.25) is 0 Å². The van der Waals surface area contributed by atoms with Crippen molar-refractivity contribution in [2.75, 3.05) is 19.7 Å². The molecule has 148 valence electrons. The van der Waals surface area contributed by atoms with Crippen molar-refractivity contribution in [1.82, 2.24) is 5.32 Å². The van der Waals surface area contributed by atoms with Crippen molar-refractivity contribution >= 4 is 0 Å². The molecule has 26 heavy (non-hydrogen) atoms. The number of ether oxygens (including phenoxy) is 2. The van der Waals surface area contributed by atoms with Crippen molar-refractivity contribution in [3.8, 4) is 5.75 Å². The molecule has 1 aromatic carbocycles. The Bertz CT molecular complexity index is 586. The Labute approximate surface area is 146 Å². The lowest BCUT2D eigenvalue weighted by molar-refractivity contribution is -0.275. The molecule has 1 aromatic rings. The van der Waals surface area contributed by atoms with Crippen molar-refractivity contribution in [3.63, 3.8) is 0 Å². The number of rotatable bonds is 6. The summed E-state index contributed by atoms with van der Waals surface area (Å²) in [5, 5.41) is 13.8. The van der Waals surface area contributed by atoms with Crippen LogP contribution in [0.4, 0.5) is 26.3 Å². The molecule has 0 spiro atoms. The van der Waals surface area contributed by atoms with Gasteiger partial charge in [0.25, 0.3) is 0 Å². The predicted molar refractivity (Wildman–Crippen MR) is 79.7 cm³/mol. The van der Waals surface area contributed by atoms with E-state index in [9.17, 15) is 31.4 Å². The average Bonchev–Trinajstić information content (AvgIpc) is 2.54. The van der Waals surface area contributed by atoms with Crippen LogP contribution >= 0.6 is 0 Å². The van der Waals surface area contributed by atoms with Crippen LogP contribution in [0.25, 0.3) is 0 Å². The van der Waals surface area contributed by atoms with E-state index in [1.165, 1.54) is 18.2 Å². The second kappa shape index (κ2) is 8.01. The minimum absolute atomic E-state index is 0.0522. The summed E-state index contributed by atoms with van der Waals surface area (Å²) in [6.45, 7) is 0.746. The molecule has 1 fully saturated rings. The highest BCUT2D eigenvalue weighted by molar-refractivity contribution is 5.35. The predicted octanol–water partition coefficient (Wildman–Crippen LogP) is 3.19. The third-order valence-electron chi connectivity index (χ3n) is 4.06. The smallest absolute Gasteiger partial charge is 0.406 e. The zero-order valence-corrected chi connectivity index (χ0v) is 13.7. The molecule has 1 aliphatic rings. The molecule has 0 amide bonds. The summed E-state index contributed by atoms with van der Waals surface area (Å²) in [7, 11) is 0. The summed E-state index contributed by atoms with van der Waals surface area (Å²) < 4.78 is 84.9. The van der Waals surface area contributed by atoms with E-state index in [2.05, 4.69) is 10.1 Å². The van der Waals surface area contributed by atoms with Gasteiger partial charge < -0.3 is 19.9 Å². The van der Waals surface area contributed by atoms with E-state index in [0.717, 1.165) is 6.07 Å². The van der Waals surface area contributed by atoms with Gasteiger partial charge in [-0.25, -0.2) is 0 Å². The highest BCUT2D eigenvalue weighted by atomic mass is 19.4. The van der Waals surface area contributed by atoms with Gasteiger partial charge >= 0.3 is 12.5 Å². The van der Waals surface area contributed by atoms with Gasteiger partial charge in [0.15, 0.2) is 0 Å².